The predicted octanol–water partition coefficient (Wildman–Crippen LogP) is 5.16. The number of carbonyl (C=O) groups is 3. The van der Waals surface area contributed by atoms with Crippen LogP contribution in [-0.4, -0.2) is 77.8 Å². The zero-order valence-electron chi connectivity index (χ0n) is 22.4. The van der Waals surface area contributed by atoms with E-state index < -0.39 is 0 Å². The molecule has 4 aromatic rings. The van der Waals surface area contributed by atoms with Gasteiger partial charge in [-0.15, -0.1) is 0 Å². The molecule has 3 aromatic carbocycles. The highest BCUT2D eigenvalue weighted by molar-refractivity contribution is 9.09. The third-order valence-corrected chi connectivity index (χ3v) is 8.47. The van der Waals surface area contributed by atoms with Gasteiger partial charge in [0.2, 0.25) is 5.91 Å². The second kappa shape index (κ2) is 10.6. The van der Waals surface area contributed by atoms with Crippen LogP contribution in [0, 0.1) is 0 Å². The molecule has 2 N–H and O–H groups in total. The van der Waals surface area contributed by atoms with E-state index >= 15 is 0 Å². The first-order valence-corrected chi connectivity index (χ1v) is 14.4. The zero-order valence-corrected chi connectivity index (χ0v) is 24.0. The van der Waals surface area contributed by atoms with Crippen LogP contribution in [0.2, 0.25) is 0 Å². The number of halogens is 1. The number of likely N-dealkylation sites (N-methyl/N-ethyl adjacent to an activating group) is 1. The number of nitrogens with zero attached hydrogens (tertiary/aromatic N) is 3. The molecule has 40 heavy (non-hydrogen) atoms. The number of nitrogens with one attached hydrogen (secondary N) is 2. The molecule has 0 radical (unpaired) electrons. The van der Waals surface area contributed by atoms with Gasteiger partial charge in [0.25, 0.3) is 5.91 Å². The molecule has 1 fully saturated rings. The minimum absolute atomic E-state index is 0.0713. The van der Waals surface area contributed by atoms with Gasteiger partial charge in [-0.3, -0.25) is 9.59 Å². The molecule has 0 saturated carbocycles. The SMILES string of the molecule is CC(=O)Nc1ccc2[nH]c(C(=O)N3C[C@@H](CBr)c4c3cc(OC(=O)N3CCN(C)CC3)c3ccccc43)cc2c1. The second-order valence-electron chi connectivity index (χ2n) is 10.4. The van der Waals surface area contributed by atoms with E-state index in [-0.39, 0.29) is 23.8 Å². The lowest BCUT2D eigenvalue weighted by Crippen LogP contribution is -2.48. The summed E-state index contributed by atoms with van der Waals surface area (Å²) in [5, 5.41) is 6.10. The van der Waals surface area contributed by atoms with Gasteiger partial charge in [-0.2, -0.15) is 0 Å². The lowest BCUT2D eigenvalue weighted by molar-refractivity contribution is -0.114. The molecule has 0 bridgehead atoms. The highest BCUT2D eigenvalue weighted by atomic mass is 79.9. The highest BCUT2D eigenvalue weighted by Crippen LogP contribution is 2.46. The van der Waals surface area contributed by atoms with E-state index in [4.69, 9.17) is 4.74 Å². The van der Waals surface area contributed by atoms with Crippen molar-refractivity contribution in [3.8, 4) is 5.75 Å². The molecule has 6 rings (SSSR count). The second-order valence-corrected chi connectivity index (χ2v) is 11.1. The van der Waals surface area contributed by atoms with Crippen molar-refractivity contribution in [3.63, 3.8) is 0 Å². The number of rotatable bonds is 4. The third kappa shape index (κ3) is 4.82. The van der Waals surface area contributed by atoms with Crippen molar-refractivity contribution in [2.75, 3.05) is 55.3 Å². The van der Waals surface area contributed by atoms with Crippen molar-refractivity contribution < 1.29 is 19.1 Å². The van der Waals surface area contributed by atoms with E-state index in [9.17, 15) is 14.4 Å². The van der Waals surface area contributed by atoms with Gasteiger partial charge in [0.05, 0.1) is 5.69 Å². The molecule has 0 unspecified atom stereocenters. The Hall–Kier alpha value is -3.89. The predicted molar refractivity (Wildman–Crippen MR) is 160 cm³/mol. The number of ether oxygens (including phenoxy) is 1. The Morgan fingerprint density at radius 1 is 1.02 bits per heavy atom. The number of hydrogen-bond acceptors (Lipinski definition) is 5. The van der Waals surface area contributed by atoms with Crippen molar-refractivity contribution >= 4 is 66.9 Å². The number of hydrogen-bond donors (Lipinski definition) is 2. The number of amides is 3. The molecule has 3 amide bonds. The Kier molecular flexibility index (Phi) is 6.97. The van der Waals surface area contributed by atoms with E-state index in [0.717, 1.165) is 46.0 Å². The third-order valence-electron chi connectivity index (χ3n) is 7.69. The smallest absolute Gasteiger partial charge is 0.409 e. The van der Waals surface area contributed by atoms with Crippen molar-refractivity contribution in [1.82, 2.24) is 14.8 Å². The number of piperazine rings is 1. The highest BCUT2D eigenvalue weighted by Gasteiger charge is 2.36. The van der Waals surface area contributed by atoms with Gasteiger partial charge < -0.3 is 29.7 Å². The fourth-order valence-corrected chi connectivity index (χ4v) is 6.17. The minimum atomic E-state index is -0.378. The number of fused-ring (bicyclic) bond motifs is 4. The number of anilines is 2. The largest absolute Gasteiger partial charge is 0.415 e. The summed E-state index contributed by atoms with van der Waals surface area (Å²) >= 11 is 3.66. The summed E-state index contributed by atoms with van der Waals surface area (Å²) in [4.78, 5) is 47.5. The van der Waals surface area contributed by atoms with Gasteiger partial charge >= 0.3 is 6.09 Å². The topological polar surface area (TPSA) is 98.0 Å². The first-order chi connectivity index (χ1) is 19.3. The maximum atomic E-state index is 13.9. The van der Waals surface area contributed by atoms with Crippen LogP contribution in [0.4, 0.5) is 16.2 Å². The summed E-state index contributed by atoms with van der Waals surface area (Å²) in [5.74, 6) is 0.190. The monoisotopic (exact) mass is 603 g/mol. The molecule has 1 saturated heterocycles. The van der Waals surface area contributed by atoms with E-state index in [0.29, 0.717) is 42.1 Å². The summed E-state index contributed by atoms with van der Waals surface area (Å²) in [6.45, 7) is 4.77. The number of aromatic amines is 1. The maximum absolute atomic E-state index is 13.9. The molecular weight excluding hydrogens is 574 g/mol. The van der Waals surface area contributed by atoms with Crippen LogP contribution < -0.4 is 15.0 Å². The van der Waals surface area contributed by atoms with E-state index in [1.807, 2.05) is 49.5 Å². The molecule has 3 heterocycles. The quantitative estimate of drug-likeness (QED) is 0.314. The Labute approximate surface area is 240 Å². The van der Waals surface area contributed by atoms with E-state index in [2.05, 4.69) is 31.1 Å². The summed E-state index contributed by atoms with van der Waals surface area (Å²) in [5.41, 5.74) is 3.72. The van der Waals surface area contributed by atoms with Gasteiger partial charge in [-0.25, -0.2) is 4.79 Å². The number of aromatic nitrogens is 1. The molecule has 9 nitrogen and oxygen atoms in total. The van der Waals surface area contributed by atoms with Crippen LogP contribution in [0.3, 0.4) is 0 Å². The van der Waals surface area contributed by atoms with Gasteiger partial charge in [-0.1, -0.05) is 40.2 Å². The summed E-state index contributed by atoms with van der Waals surface area (Å²) < 4.78 is 6.00. The maximum Gasteiger partial charge on any atom is 0.415 e. The minimum Gasteiger partial charge on any atom is -0.409 e. The number of carbonyl (C=O) groups excluding carboxylic acids is 3. The van der Waals surface area contributed by atoms with Crippen molar-refractivity contribution in [2.45, 2.75) is 12.8 Å². The molecule has 2 aliphatic heterocycles. The molecule has 2 aliphatic rings. The first-order valence-electron chi connectivity index (χ1n) is 13.3. The lowest BCUT2D eigenvalue weighted by Gasteiger charge is -2.31. The first kappa shape index (κ1) is 26.3. The number of benzene rings is 3. The van der Waals surface area contributed by atoms with Crippen LogP contribution in [0.25, 0.3) is 21.7 Å². The Morgan fingerprint density at radius 2 is 1.77 bits per heavy atom. The van der Waals surface area contributed by atoms with Crippen LogP contribution in [-0.2, 0) is 4.79 Å². The number of H-pyrrole nitrogens is 1. The molecule has 1 aromatic heterocycles. The molecular formula is C30H30BrN5O4. The van der Waals surface area contributed by atoms with Gasteiger partial charge in [0.15, 0.2) is 0 Å². The Morgan fingerprint density at radius 3 is 2.50 bits per heavy atom. The Balaban J connectivity index is 1.37. The van der Waals surface area contributed by atoms with E-state index in [1.54, 1.807) is 21.9 Å². The molecule has 0 aliphatic carbocycles. The molecule has 10 heteroatoms. The summed E-state index contributed by atoms with van der Waals surface area (Å²) in [6, 6.07) is 17.0. The van der Waals surface area contributed by atoms with Crippen molar-refractivity contribution in [2.24, 2.45) is 0 Å². The average molecular weight is 605 g/mol. The summed E-state index contributed by atoms with van der Waals surface area (Å²) in [6.07, 6.45) is -0.378. The van der Waals surface area contributed by atoms with Gasteiger partial charge in [0.1, 0.15) is 11.4 Å². The van der Waals surface area contributed by atoms with Crippen LogP contribution in [0.15, 0.2) is 54.6 Å². The molecule has 1 atom stereocenters. The zero-order chi connectivity index (χ0) is 28.0. The fraction of sp³-hybridized carbons (Fsp3) is 0.300. The van der Waals surface area contributed by atoms with Crippen LogP contribution in [0.5, 0.6) is 5.75 Å². The van der Waals surface area contributed by atoms with Crippen molar-refractivity contribution in [3.05, 3.63) is 65.9 Å². The summed E-state index contributed by atoms with van der Waals surface area (Å²) in [7, 11) is 2.04. The standard InChI is InChI=1S/C30H30BrN5O4/c1-18(37)32-21-7-8-24-19(13-21)14-25(33-24)29(38)36-17-20(16-31)28-23-6-4-3-5-22(23)27(15-26(28)36)40-30(39)35-11-9-34(2)10-12-35/h3-8,13-15,20,33H,9-12,16-17H2,1-2H3,(H,32,37)/t20-/m1/s1. The van der Waals surface area contributed by atoms with Crippen LogP contribution >= 0.6 is 15.9 Å². The van der Waals surface area contributed by atoms with Crippen molar-refractivity contribution in [1.29, 1.82) is 0 Å². The van der Waals surface area contributed by atoms with E-state index in [1.165, 1.54) is 6.92 Å². The van der Waals surface area contributed by atoms with Gasteiger partial charge in [-0.05, 0) is 42.3 Å². The fourth-order valence-electron chi connectivity index (χ4n) is 5.64. The van der Waals surface area contributed by atoms with Crippen LogP contribution in [0.1, 0.15) is 28.9 Å². The number of alkyl halides is 1. The van der Waals surface area contributed by atoms with Gasteiger partial charge in [0, 0.05) is 78.9 Å². The average Bonchev–Trinajstić information content (AvgIpc) is 3.54. The normalized spacial score (nSPS) is 17.3. The Bertz CT molecular complexity index is 1640. The lowest BCUT2D eigenvalue weighted by atomic mass is 9.95. The molecule has 0 spiro atoms. The molecule has 206 valence electrons.